The zero-order valence-electron chi connectivity index (χ0n) is 10.9. The van der Waals surface area contributed by atoms with Crippen LogP contribution in [0.4, 0.5) is 11.4 Å². The lowest BCUT2D eigenvalue weighted by atomic mass is 10.2. The number of benzene rings is 2. The second-order valence-electron chi connectivity index (χ2n) is 4.12. The van der Waals surface area contributed by atoms with Gasteiger partial charge in [-0.2, -0.15) is 5.10 Å². The number of hydrogen-bond acceptors (Lipinski definition) is 4. The molecule has 2 rings (SSSR count). The molecule has 0 fully saturated rings. The third-order valence-electron chi connectivity index (χ3n) is 2.54. The SMILES string of the molecule is O=[N+]([O-])c1cccc(NN=CC(Cl)=Cc2ccccc2)c1. The van der Waals surface area contributed by atoms with Gasteiger partial charge in [0.1, 0.15) is 0 Å². The molecule has 0 saturated heterocycles. The third-order valence-corrected chi connectivity index (χ3v) is 2.75. The van der Waals surface area contributed by atoms with E-state index in [0.717, 1.165) is 5.56 Å². The number of hydrazone groups is 1. The first-order chi connectivity index (χ1) is 10.1. The molecule has 0 saturated carbocycles. The highest BCUT2D eigenvalue weighted by Crippen LogP contribution is 2.17. The minimum atomic E-state index is -0.461. The number of hydrogen-bond donors (Lipinski definition) is 1. The second kappa shape index (κ2) is 7.21. The summed E-state index contributed by atoms with van der Waals surface area (Å²) in [7, 11) is 0. The summed E-state index contributed by atoms with van der Waals surface area (Å²) < 4.78 is 0. The van der Waals surface area contributed by atoms with Gasteiger partial charge in [0.25, 0.3) is 5.69 Å². The Kier molecular flexibility index (Phi) is 5.06. The third kappa shape index (κ3) is 4.74. The molecular weight excluding hydrogens is 290 g/mol. The fourth-order valence-electron chi connectivity index (χ4n) is 1.60. The topological polar surface area (TPSA) is 67.5 Å². The van der Waals surface area contributed by atoms with E-state index in [-0.39, 0.29) is 5.69 Å². The summed E-state index contributed by atoms with van der Waals surface area (Å²) in [6, 6.07) is 15.7. The van der Waals surface area contributed by atoms with Crippen LogP contribution in [-0.2, 0) is 0 Å². The lowest BCUT2D eigenvalue weighted by Gasteiger charge is -1.99. The van der Waals surface area contributed by atoms with Gasteiger partial charge in [0.2, 0.25) is 0 Å². The van der Waals surface area contributed by atoms with Crippen LogP contribution < -0.4 is 5.43 Å². The Morgan fingerprint density at radius 2 is 1.95 bits per heavy atom. The van der Waals surface area contributed by atoms with Crippen molar-refractivity contribution in [3.05, 3.63) is 75.3 Å². The first-order valence-corrected chi connectivity index (χ1v) is 6.49. The number of nitro groups is 1. The van der Waals surface area contributed by atoms with Crippen LogP contribution in [0.25, 0.3) is 6.08 Å². The lowest BCUT2D eigenvalue weighted by molar-refractivity contribution is -0.384. The summed E-state index contributed by atoms with van der Waals surface area (Å²) in [5.74, 6) is 0. The molecule has 0 bridgehead atoms. The summed E-state index contributed by atoms with van der Waals surface area (Å²) in [4.78, 5) is 10.2. The van der Waals surface area contributed by atoms with E-state index < -0.39 is 4.92 Å². The molecule has 0 atom stereocenters. The van der Waals surface area contributed by atoms with Crippen molar-refractivity contribution in [2.45, 2.75) is 0 Å². The molecule has 21 heavy (non-hydrogen) atoms. The molecular formula is C15H12ClN3O2. The van der Waals surface area contributed by atoms with Gasteiger partial charge >= 0.3 is 0 Å². The van der Waals surface area contributed by atoms with Crippen LogP contribution in [0.5, 0.6) is 0 Å². The highest BCUT2D eigenvalue weighted by atomic mass is 35.5. The van der Waals surface area contributed by atoms with E-state index in [9.17, 15) is 10.1 Å². The maximum Gasteiger partial charge on any atom is 0.271 e. The Morgan fingerprint density at radius 3 is 2.67 bits per heavy atom. The van der Waals surface area contributed by atoms with Crippen LogP contribution in [0, 0.1) is 10.1 Å². The molecule has 0 aromatic heterocycles. The average Bonchev–Trinajstić information content (AvgIpc) is 2.48. The van der Waals surface area contributed by atoms with Crippen LogP contribution in [0.2, 0.25) is 0 Å². The van der Waals surface area contributed by atoms with Crippen molar-refractivity contribution in [2.75, 3.05) is 5.43 Å². The molecule has 5 nitrogen and oxygen atoms in total. The monoisotopic (exact) mass is 301 g/mol. The van der Waals surface area contributed by atoms with Crippen molar-refractivity contribution in [1.29, 1.82) is 0 Å². The van der Waals surface area contributed by atoms with Crippen LogP contribution in [0.3, 0.4) is 0 Å². The molecule has 2 aromatic rings. The Hall–Kier alpha value is -2.66. The largest absolute Gasteiger partial charge is 0.278 e. The maximum atomic E-state index is 10.6. The summed E-state index contributed by atoms with van der Waals surface area (Å²) in [5.41, 5.74) is 4.18. The molecule has 0 aliphatic carbocycles. The Bertz CT molecular complexity index is 684. The molecule has 1 N–H and O–H groups in total. The molecule has 0 spiro atoms. The number of nitrogens with zero attached hydrogens (tertiary/aromatic N) is 2. The van der Waals surface area contributed by atoms with Gasteiger partial charge in [-0.15, -0.1) is 0 Å². The van der Waals surface area contributed by atoms with Gasteiger partial charge in [0.15, 0.2) is 0 Å². The van der Waals surface area contributed by atoms with Crippen molar-refractivity contribution in [2.24, 2.45) is 5.10 Å². The highest BCUT2D eigenvalue weighted by Gasteiger charge is 2.04. The summed E-state index contributed by atoms with van der Waals surface area (Å²) in [5, 5.41) is 15.0. The number of halogens is 1. The molecule has 2 aromatic carbocycles. The van der Waals surface area contributed by atoms with Gasteiger partial charge in [0.05, 0.1) is 21.9 Å². The van der Waals surface area contributed by atoms with Crippen LogP contribution in [0.1, 0.15) is 5.56 Å². The molecule has 0 heterocycles. The molecule has 106 valence electrons. The summed E-state index contributed by atoms with van der Waals surface area (Å²) >= 11 is 6.03. The zero-order chi connectivity index (χ0) is 15.1. The number of nitro benzene ring substituents is 1. The molecule has 0 aliphatic heterocycles. The van der Waals surface area contributed by atoms with Gasteiger partial charge in [-0.05, 0) is 17.7 Å². The van der Waals surface area contributed by atoms with E-state index in [1.165, 1.54) is 18.3 Å². The van der Waals surface area contributed by atoms with Gasteiger partial charge in [-0.3, -0.25) is 15.5 Å². The van der Waals surface area contributed by atoms with Crippen LogP contribution in [0.15, 0.2) is 64.7 Å². The quantitative estimate of drug-likeness (QED) is 0.509. The normalized spacial score (nSPS) is 11.6. The molecule has 0 radical (unpaired) electrons. The standard InChI is InChI=1S/C15H12ClN3O2/c16-13(9-12-5-2-1-3-6-12)11-17-18-14-7-4-8-15(10-14)19(20)21/h1-11,18H. The van der Waals surface area contributed by atoms with E-state index in [1.54, 1.807) is 18.2 Å². The minimum absolute atomic E-state index is 0.00104. The van der Waals surface area contributed by atoms with E-state index in [1.807, 2.05) is 30.3 Å². The number of anilines is 1. The van der Waals surface area contributed by atoms with Crippen molar-refractivity contribution in [1.82, 2.24) is 0 Å². The van der Waals surface area contributed by atoms with E-state index in [0.29, 0.717) is 10.7 Å². The molecule has 6 heteroatoms. The predicted molar refractivity (Wildman–Crippen MR) is 85.5 cm³/mol. The Morgan fingerprint density at radius 1 is 1.19 bits per heavy atom. The number of nitrogens with one attached hydrogen (secondary N) is 1. The van der Waals surface area contributed by atoms with Crippen LogP contribution in [-0.4, -0.2) is 11.1 Å². The van der Waals surface area contributed by atoms with E-state index in [4.69, 9.17) is 11.6 Å². The van der Waals surface area contributed by atoms with E-state index in [2.05, 4.69) is 10.5 Å². The minimum Gasteiger partial charge on any atom is -0.278 e. The molecule has 0 unspecified atom stereocenters. The number of non-ortho nitro benzene ring substituents is 1. The van der Waals surface area contributed by atoms with E-state index >= 15 is 0 Å². The maximum absolute atomic E-state index is 10.6. The molecule has 0 amide bonds. The van der Waals surface area contributed by atoms with Gasteiger partial charge in [-0.25, -0.2) is 0 Å². The average molecular weight is 302 g/mol. The summed E-state index contributed by atoms with van der Waals surface area (Å²) in [6.07, 6.45) is 3.20. The predicted octanol–water partition coefficient (Wildman–Crippen LogP) is 4.27. The highest BCUT2D eigenvalue weighted by molar-refractivity contribution is 6.41. The zero-order valence-corrected chi connectivity index (χ0v) is 11.7. The first-order valence-electron chi connectivity index (χ1n) is 6.11. The van der Waals surface area contributed by atoms with Crippen molar-refractivity contribution in [3.63, 3.8) is 0 Å². The smallest absolute Gasteiger partial charge is 0.271 e. The van der Waals surface area contributed by atoms with Crippen molar-refractivity contribution < 1.29 is 4.92 Å². The van der Waals surface area contributed by atoms with Crippen molar-refractivity contribution >= 4 is 35.3 Å². The molecule has 0 aliphatic rings. The lowest BCUT2D eigenvalue weighted by Crippen LogP contribution is -1.92. The second-order valence-corrected chi connectivity index (χ2v) is 4.55. The van der Waals surface area contributed by atoms with Crippen molar-refractivity contribution in [3.8, 4) is 0 Å². The number of allylic oxidation sites excluding steroid dienone is 1. The first kappa shape index (κ1) is 14.7. The van der Waals surface area contributed by atoms with Gasteiger partial charge in [-0.1, -0.05) is 48.0 Å². The van der Waals surface area contributed by atoms with Crippen LogP contribution >= 0.6 is 11.6 Å². The number of rotatable bonds is 5. The van der Waals surface area contributed by atoms with Gasteiger partial charge < -0.3 is 0 Å². The fraction of sp³-hybridized carbons (Fsp3) is 0. The summed E-state index contributed by atoms with van der Waals surface area (Å²) in [6.45, 7) is 0. The fourth-order valence-corrected chi connectivity index (χ4v) is 1.78. The van der Waals surface area contributed by atoms with Gasteiger partial charge in [0, 0.05) is 12.1 Å². The Balaban J connectivity index is 2.00. The Labute approximate surface area is 126 Å².